The molecule has 1 aliphatic rings. The number of carbonyl (C=O) groups is 2. The maximum atomic E-state index is 13.2. The summed E-state index contributed by atoms with van der Waals surface area (Å²) in [5, 5.41) is 2.55. The molecule has 0 radical (unpaired) electrons. The van der Waals surface area contributed by atoms with Gasteiger partial charge in [-0.15, -0.1) is 0 Å². The molecule has 0 atom stereocenters. The molecule has 7 nitrogen and oxygen atoms in total. The summed E-state index contributed by atoms with van der Waals surface area (Å²) in [5.41, 5.74) is 1.75. The number of hydrogen-bond donors (Lipinski definition) is 1. The molecule has 1 heterocycles. The number of thiocarbonyl (C=S) groups is 1. The Bertz CT molecular complexity index is 1310. The van der Waals surface area contributed by atoms with Crippen LogP contribution in [0.3, 0.4) is 0 Å². The second kappa shape index (κ2) is 10.4. The van der Waals surface area contributed by atoms with E-state index in [9.17, 15) is 14.0 Å². The Morgan fingerprint density at radius 3 is 2.31 bits per heavy atom. The van der Waals surface area contributed by atoms with Gasteiger partial charge in [0.15, 0.2) is 16.6 Å². The Morgan fingerprint density at radius 1 is 0.943 bits per heavy atom. The molecule has 1 fully saturated rings. The third-order valence-corrected chi connectivity index (χ3v) is 5.52. The Hall–Kier alpha value is -4.24. The molecule has 0 saturated carbocycles. The van der Waals surface area contributed by atoms with Crippen molar-refractivity contribution in [3.8, 4) is 17.2 Å². The standard InChI is InChI=1S/C26H21FN2O5S/c1-32-20-10-8-19(9-11-20)29-25(31)21(24(30)28-26(29)35)13-17-5-12-22(23(14-17)33-2)34-15-16-3-6-18(27)7-4-16/h3-14H,15H2,1-2H3,(H,28,30,35). The fourth-order valence-corrected chi connectivity index (χ4v) is 3.71. The fraction of sp³-hybridized carbons (Fsp3) is 0.115. The average molecular weight is 493 g/mol. The van der Waals surface area contributed by atoms with E-state index in [2.05, 4.69) is 5.32 Å². The summed E-state index contributed by atoms with van der Waals surface area (Å²) < 4.78 is 29.5. The van der Waals surface area contributed by atoms with Crippen LogP contribution in [-0.4, -0.2) is 31.1 Å². The molecule has 35 heavy (non-hydrogen) atoms. The quantitative estimate of drug-likeness (QED) is 0.302. The predicted molar refractivity (Wildman–Crippen MR) is 133 cm³/mol. The van der Waals surface area contributed by atoms with Crippen LogP contribution in [0.2, 0.25) is 0 Å². The molecule has 178 valence electrons. The van der Waals surface area contributed by atoms with Crippen LogP contribution in [-0.2, 0) is 16.2 Å². The number of nitrogens with one attached hydrogen (secondary N) is 1. The minimum absolute atomic E-state index is 0.00978. The van der Waals surface area contributed by atoms with Crippen molar-refractivity contribution in [1.82, 2.24) is 5.32 Å². The molecule has 0 spiro atoms. The summed E-state index contributed by atoms with van der Waals surface area (Å²) in [7, 11) is 3.03. The van der Waals surface area contributed by atoms with Gasteiger partial charge in [0, 0.05) is 0 Å². The van der Waals surface area contributed by atoms with Crippen molar-refractivity contribution >= 4 is 40.9 Å². The van der Waals surface area contributed by atoms with Crippen LogP contribution < -0.4 is 24.4 Å². The van der Waals surface area contributed by atoms with Gasteiger partial charge in [0.2, 0.25) is 0 Å². The lowest BCUT2D eigenvalue weighted by molar-refractivity contribution is -0.122. The number of anilines is 1. The highest BCUT2D eigenvalue weighted by Crippen LogP contribution is 2.31. The lowest BCUT2D eigenvalue weighted by Crippen LogP contribution is -2.54. The predicted octanol–water partition coefficient (Wildman–Crippen LogP) is 4.25. The van der Waals surface area contributed by atoms with E-state index in [4.69, 9.17) is 26.4 Å². The van der Waals surface area contributed by atoms with E-state index in [0.717, 1.165) is 5.56 Å². The van der Waals surface area contributed by atoms with Gasteiger partial charge in [0.25, 0.3) is 11.8 Å². The van der Waals surface area contributed by atoms with Crippen molar-refractivity contribution in [2.75, 3.05) is 19.1 Å². The van der Waals surface area contributed by atoms with E-state index in [1.165, 1.54) is 30.2 Å². The second-order valence-corrected chi connectivity index (χ2v) is 7.87. The number of ether oxygens (including phenoxy) is 3. The van der Waals surface area contributed by atoms with Crippen LogP contribution >= 0.6 is 12.2 Å². The number of nitrogens with zero attached hydrogens (tertiary/aromatic N) is 1. The molecule has 0 aliphatic carbocycles. The van der Waals surface area contributed by atoms with Crippen LogP contribution in [0.25, 0.3) is 6.08 Å². The highest BCUT2D eigenvalue weighted by molar-refractivity contribution is 7.80. The third-order valence-electron chi connectivity index (χ3n) is 5.24. The van der Waals surface area contributed by atoms with Gasteiger partial charge >= 0.3 is 0 Å². The first-order chi connectivity index (χ1) is 16.9. The monoisotopic (exact) mass is 492 g/mol. The molecule has 9 heteroatoms. The van der Waals surface area contributed by atoms with Crippen molar-refractivity contribution < 1.29 is 28.2 Å². The van der Waals surface area contributed by atoms with Gasteiger partial charge in [-0.1, -0.05) is 18.2 Å². The topological polar surface area (TPSA) is 77.1 Å². The van der Waals surface area contributed by atoms with Gasteiger partial charge in [0.05, 0.1) is 19.9 Å². The highest BCUT2D eigenvalue weighted by atomic mass is 32.1. The van der Waals surface area contributed by atoms with E-state index in [0.29, 0.717) is 28.5 Å². The molecule has 2 amide bonds. The first kappa shape index (κ1) is 23.9. The Balaban J connectivity index is 1.57. The number of hydrogen-bond acceptors (Lipinski definition) is 6. The minimum Gasteiger partial charge on any atom is -0.497 e. The summed E-state index contributed by atoms with van der Waals surface area (Å²) in [6.07, 6.45) is 1.46. The molecule has 0 bridgehead atoms. The van der Waals surface area contributed by atoms with Gasteiger partial charge in [-0.3, -0.25) is 19.8 Å². The first-order valence-electron chi connectivity index (χ1n) is 10.5. The lowest BCUT2D eigenvalue weighted by Gasteiger charge is -2.29. The SMILES string of the molecule is COc1ccc(N2C(=O)C(=Cc3ccc(OCc4ccc(F)cc4)c(OC)c3)C(=O)NC2=S)cc1. The van der Waals surface area contributed by atoms with E-state index >= 15 is 0 Å². The number of rotatable bonds is 7. The van der Waals surface area contributed by atoms with Crippen LogP contribution in [0.15, 0.2) is 72.3 Å². The van der Waals surface area contributed by atoms with Gasteiger partial charge in [-0.05, 0) is 78.0 Å². The van der Waals surface area contributed by atoms with Gasteiger partial charge in [-0.2, -0.15) is 0 Å². The Morgan fingerprint density at radius 2 is 1.66 bits per heavy atom. The Kier molecular flexibility index (Phi) is 7.07. The number of benzene rings is 3. The largest absolute Gasteiger partial charge is 0.497 e. The lowest BCUT2D eigenvalue weighted by atomic mass is 10.1. The zero-order valence-corrected chi connectivity index (χ0v) is 19.7. The van der Waals surface area contributed by atoms with Crippen molar-refractivity contribution in [2.45, 2.75) is 6.61 Å². The Labute approximate surface area is 206 Å². The van der Waals surface area contributed by atoms with Crippen molar-refractivity contribution in [2.24, 2.45) is 0 Å². The molecule has 1 saturated heterocycles. The van der Waals surface area contributed by atoms with Crippen molar-refractivity contribution in [3.05, 3.63) is 89.2 Å². The maximum Gasteiger partial charge on any atom is 0.270 e. The molecule has 3 aromatic carbocycles. The fourth-order valence-electron chi connectivity index (χ4n) is 3.42. The molecule has 0 unspecified atom stereocenters. The van der Waals surface area contributed by atoms with Crippen molar-refractivity contribution in [1.29, 1.82) is 0 Å². The van der Waals surface area contributed by atoms with Crippen molar-refractivity contribution in [3.63, 3.8) is 0 Å². The normalized spacial score (nSPS) is 14.7. The van der Waals surface area contributed by atoms with Gasteiger partial charge < -0.3 is 14.2 Å². The average Bonchev–Trinajstić information content (AvgIpc) is 2.86. The zero-order chi connectivity index (χ0) is 24.9. The third kappa shape index (κ3) is 5.30. The number of carbonyl (C=O) groups excluding carboxylic acids is 2. The summed E-state index contributed by atoms with van der Waals surface area (Å²) in [4.78, 5) is 27.0. The molecular weight excluding hydrogens is 471 g/mol. The first-order valence-corrected chi connectivity index (χ1v) is 10.9. The number of halogens is 1. The van der Waals surface area contributed by atoms with Gasteiger partial charge in [-0.25, -0.2) is 4.39 Å². The summed E-state index contributed by atoms with van der Waals surface area (Å²) in [6, 6.07) is 17.7. The van der Waals surface area contributed by atoms with E-state index in [1.54, 1.807) is 61.7 Å². The number of amides is 2. The van der Waals surface area contributed by atoms with Crippen LogP contribution in [0.4, 0.5) is 10.1 Å². The van der Waals surface area contributed by atoms with Gasteiger partial charge in [0.1, 0.15) is 23.7 Å². The maximum absolute atomic E-state index is 13.2. The molecule has 1 N–H and O–H groups in total. The smallest absolute Gasteiger partial charge is 0.270 e. The second-order valence-electron chi connectivity index (χ2n) is 7.48. The zero-order valence-electron chi connectivity index (χ0n) is 18.9. The molecule has 0 aromatic heterocycles. The molecule has 3 aromatic rings. The summed E-state index contributed by atoms with van der Waals surface area (Å²) in [6.45, 7) is 0.215. The molecule has 4 rings (SSSR count). The summed E-state index contributed by atoms with van der Waals surface area (Å²) in [5.74, 6) is 0.0149. The van der Waals surface area contributed by atoms with E-state index in [-0.39, 0.29) is 23.1 Å². The molecule has 1 aliphatic heterocycles. The number of methoxy groups -OCH3 is 2. The summed E-state index contributed by atoms with van der Waals surface area (Å²) >= 11 is 5.23. The minimum atomic E-state index is -0.597. The van der Waals surface area contributed by atoms with E-state index in [1.807, 2.05) is 0 Å². The van der Waals surface area contributed by atoms with Crippen LogP contribution in [0.1, 0.15) is 11.1 Å². The molecular formula is C26H21FN2O5S. The van der Waals surface area contributed by atoms with Crippen LogP contribution in [0, 0.1) is 5.82 Å². The van der Waals surface area contributed by atoms with Crippen LogP contribution in [0.5, 0.6) is 17.2 Å². The van der Waals surface area contributed by atoms with E-state index < -0.39 is 11.8 Å². The highest BCUT2D eigenvalue weighted by Gasteiger charge is 2.34.